The molecule has 0 bridgehead atoms. The van der Waals surface area contributed by atoms with Crippen LogP contribution in [-0.4, -0.2) is 15.9 Å². The highest BCUT2D eigenvalue weighted by atomic mass is 16.1. The normalized spacial score (nSPS) is 10.2. The van der Waals surface area contributed by atoms with Gasteiger partial charge in [-0.2, -0.15) is 0 Å². The molecule has 5 heteroatoms. The third-order valence-corrected chi connectivity index (χ3v) is 3.43. The highest BCUT2D eigenvalue weighted by Gasteiger charge is 2.05. The first-order valence-corrected chi connectivity index (χ1v) is 7.68. The summed E-state index contributed by atoms with van der Waals surface area (Å²) in [6.45, 7) is 1.91. The predicted molar refractivity (Wildman–Crippen MR) is 95.3 cm³/mol. The molecule has 0 unspecified atom stereocenters. The maximum Gasteiger partial charge on any atom is 0.228 e. The van der Waals surface area contributed by atoms with Crippen LogP contribution in [0.25, 0.3) is 0 Å². The molecular formula is C19H18N4O. The van der Waals surface area contributed by atoms with E-state index in [1.807, 2.05) is 67.6 Å². The predicted octanol–water partition coefficient (Wildman–Crippen LogP) is 3.71. The third-order valence-electron chi connectivity index (χ3n) is 3.43. The number of aromatic nitrogens is 2. The molecule has 0 saturated carbocycles. The van der Waals surface area contributed by atoms with Crippen LogP contribution < -0.4 is 10.6 Å². The number of nitrogens with zero attached hydrogens (tertiary/aromatic N) is 2. The Kier molecular flexibility index (Phi) is 4.81. The minimum atomic E-state index is -0.0452. The minimum Gasteiger partial charge on any atom is -0.340 e. The number of amides is 1. The van der Waals surface area contributed by atoms with Crippen molar-refractivity contribution in [1.29, 1.82) is 0 Å². The van der Waals surface area contributed by atoms with Gasteiger partial charge in [0.25, 0.3) is 0 Å². The molecule has 0 aliphatic carbocycles. The molecule has 5 nitrogen and oxygen atoms in total. The average Bonchev–Trinajstić information content (AvgIpc) is 2.56. The number of hydrogen-bond donors (Lipinski definition) is 2. The summed E-state index contributed by atoms with van der Waals surface area (Å²) < 4.78 is 0. The van der Waals surface area contributed by atoms with Gasteiger partial charge >= 0.3 is 0 Å². The van der Waals surface area contributed by atoms with Crippen molar-refractivity contribution in [2.75, 3.05) is 10.6 Å². The van der Waals surface area contributed by atoms with E-state index in [9.17, 15) is 4.79 Å². The van der Waals surface area contributed by atoms with Crippen LogP contribution in [0.2, 0.25) is 0 Å². The molecule has 2 N–H and O–H groups in total. The molecule has 3 rings (SSSR count). The van der Waals surface area contributed by atoms with Crippen LogP contribution in [0.5, 0.6) is 0 Å². The second-order valence-electron chi connectivity index (χ2n) is 5.46. The standard InChI is InChI=1S/C19H18N4O/c1-14-10-18(21-13-20-14)22-16-8-5-9-17(12-16)23-19(24)11-15-6-3-2-4-7-15/h2-10,12-13H,11H2,1H3,(H,23,24)(H,20,21,22). The Morgan fingerprint density at radius 3 is 2.54 bits per heavy atom. The maximum atomic E-state index is 12.1. The molecule has 1 amide bonds. The molecule has 24 heavy (non-hydrogen) atoms. The van der Waals surface area contributed by atoms with E-state index in [0.29, 0.717) is 6.42 Å². The van der Waals surface area contributed by atoms with Crippen molar-refractivity contribution < 1.29 is 4.79 Å². The number of anilines is 3. The Morgan fingerprint density at radius 1 is 0.958 bits per heavy atom. The van der Waals surface area contributed by atoms with E-state index in [-0.39, 0.29) is 5.91 Å². The molecule has 120 valence electrons. The largest absolute Gasteiger partial charge is 0.340 e. The van der Waals surface area contributed by atoms with Crippen LogP contribution in [-0.2, 0) is 11.2 Å². The lowest BCUT2D eigenvalue weighted by Gasteiger charge is -2.09. The first kappa shape index (κ1) is 15.7. The number of rotatable bonds is 5. The Balaban J connectivity index is 1.65. The van der Waals surface area contributed by atoms with Gasteiger partial charge in [0, 0.05) is 23.1 Å². The second-order valence-corrected chi connectivity index (χ2v) is 5.46. The van der Waals surface area contributed by atoms with E-state index in [0.717, 1.165) is 28.5 Å². The highest BCUT2D eigenvalue weighted by Crippen LogP contribution is 2.19. The van der Waals surface area contributed by atoms with Gasteiger partial charge in [-0.05, 0) is 30.7 Å². The molecule has 3 aromatic rings. The van der Waals surface area contributed by atoms with Gasteiger partial charge in [-0.25, -0.2) is 9.97 Å². The van der Waals surface area contributed by atoms with Crippen molar-refractivity contribution in [2.45, 2.75) is 13.3 Å². The first-order valence-electron chi connectivity index (χ1n) is 7.68. The maximum absolute atomic E-state index is 12.1. The van der Waals surface area contributed by atoms with Gasteiger partial charge in [0.05, 0.1) is 6.42 Å². The molecule has 0 aliphatic heterocycles. The zero-order valence-electron chi connectivity index (χ0n) is 13.4. The van der Waals surface area contributed by atoms with Gasteiger partial charge in [0.15, 0.2) is 0 Å². The molecule has 0 atom stereocenters. The summed E-state index contributed by atoms with van der Waals surface area (Å²) in [6.07, 6.45) is 1.87. The zero-order valence-corrected chi connectivity index (χ0v) is 13.4. The lowest BCUT2D eigenvalue weighted by Crippen LogP contribution is -2.14. The molecule has 1 heterocycles. The molecule has 0 radical (unpaired) electrons. The van der Waals surface area contributed by atoms with Gasteiger partial charge in [0.1, 0.15) is 12.1 Å². The molecule has 2 aromatic carbocycles. The number of carbonyl (C=O) groups is 1. The summed E-state index contributed by atoms with van der Waals surface area (Å²) >= 11 is 0. The fourth-order valence-electron chi connectivity index (χ4n) is 2.33. The fourth-order valence-corrected chi connectivity index (χ4v) is 2.33. The van der Waals surface area contributed by atoms with Gasteiger partial charge in [0.2, 0.25) is 5.91 Å². The van der Waals surface area contributed by atoms with Crippen LogP contribution in [0.3, 0.4) is 0 Å². The van der Waals surface area contributed by atoms with Crippen molar-refractivity contribution in [1.82, 2.24) is 9.97 Å². The fraction of sp³-hybridized carbons (Fsp3) is 0.105. The van der Waals surface area contributed by atoms with Gasteiger partial charge in [-0.15, -0.1) is 0 Å². The van der Waals surface area contributed by atoms with Crippen molar-refractivity contribution in [3.63, 3.8) is 0 Å². The van der Waals surface area contributed by atoms with Crippen LogP contribution in [0.4, 0.5) is 17.2 Å². The first-order chi connectivity index (χ1) is 11.7. The summed E-state index contributed by atoms with van der Waals surface area (Å²) in [5, 5.41) is 6.12. The third kappa shape index (κ3) is 4.39. The SMILES string of the molecule is Cc1cc(Nc2cccc(NC(=O)Cc3ccccc3)c2)ncn1. The molecule has 1 aromatic heterocycles. The highest BCUT2D eigenvalue weighted by molar-refractivity contribution is 5.92. The van der Waals surface area contributed by atoms with E-state index < -0.39 is 0 Å². The monoisotopic (exact) mass is 318 g/mol. The van der Waals surface area contributed by atoms with E-state index in [4.69, 9.17) is 0 Å². The topological polar surface area (TPSA) is 66.9 Å². The van der Waals surface area contributed by atoms with E-state index in [1.165, 1.54) is 6.33 Å². The Labute approximate surface area is 140 Å². The number of nitrogens with one attached hydrogen (secondary N) is 2. The Morgan fingerprint density at radius 2 is 1.75 bits per heavy atom. The summed E-state index contributed by atoms with van der Waals surface area (Å²) in [5.41, 5.74) is 3.47. The van der Waals surface area contributed by atoms with Gasteiger partial charge in [-0.3, -0.25) is 4.79 Å². The van der Waals surface area contributed by atoms with Gasteiger partial charge in [-0.1, -0.05) is 36.4 Å². The smallest absolute Gasteiger partial charge is 0.228 e. The quantitative estimate of drug-likeness (QED) is 0.752. The van der Waals surface area contributed by atoms with Crippen LogP contribution >= 0.6 is 0 Å². The summed E-state index contributed by atoms with van der Waals surface area (Å²) in [7, 11) is 0. The average molecular weight is 318 g/mol. The van der Waals surface area contributed by atoms with Gasteiger partial charge < -0.3 is 10.6 Å². The molecule has 0 aliphatic rings. The van der Waals surface area contributed by atoms with E-state index >= 15 is 0 Å². The van der Waals surface area contributed by atoms with Crippen molar-refractivity contribution in [3.8, 4) is 0 Å². The van der Waals surface area contributed by atoms with E-state index in [1.54, 1.807) is 0 Å². The molecule has 0 spiro atoms. The number of carbonyl (C=O) groups excluding carboxylic acids is 1. The second kappa shape index (κ2) is 7.37. The van der Waals surface area contributed by atoms with Crippen LogP contribution in [0, 0.1) is 6.92 Å². The van der Waals surface area contributed by atoms with Crippen molar-refractivity contribution in [3.05, 3.63) is 78.2 Å². The van der Waals surface area contributed by atoms with Crippen molar-refractivity contribution in [2.24, 2.45) is 0 Å². The Hall–Kier alpha value is -3.21. The Bertz CT molecular complexity index is 834. The summed E-state index contributed by atoms with van der Waals surface area (Å²) in [5.74, 6) is 0.673. The van der Waals surface area contributed by atoms with E-state index in [2.05, 4.69) is 20.6 Å². The zero-order chi connectivity index (χ0) is 16.8. The van der Waals surface area contributed by atoms with Crippen LogP contribution in [0.1, 0.15) is 11.3 Å². The number of benzene rings is 2. The summed E-state index contributed by atoms with van der Waals surface area (Å²) in [6, 6.07) is 19.1. The minimum absolute atomic E-state index is 0.0452. The number of aryl methyl sites for hydroxylation is 1. The van der Waals surface area contributed by atoms with Crippen molar-refractivity contribution >= 4 is 23.1 Å². The molecule has 0 saturated heterocycles. The number of hydrogen-bond acceptors (Lipinski definition) is 4. The van der Waals surface area contributed by atoms with Crippen LogP contribution in [0.15, 0.2) is 67.0 Å². The molecule has 0 fully saturated rings. The summed E-state index contributed by atoms with van der Waals surface area (Å²) in [4.78, 5) is 20.4. The lowest BCUT2D eigenvalue weighted by molar-refractivity contribution is -0.115. The molecular weight excluding hydrogens is 300 g/mol. The lowest BCUT2D eigenvalue weighted by atomic mass is 10.1.